The first-order chi connectivity index (χ1) is 19.0. The molecule has 3 aliphatic rings. The molecule has 1 spiro atoms. The molecule has 4 heterocycles. The molecule has 6 rings (SSSR count). The van der Waals surface area contributed by atoms with Gasteiger partial charge in [0.25, 0.3) is 0 Å². The predicted octanol–water partition coefficient (Wildman–Crippen LogP) is 4.34. The van der Waals surface area contributed by atoms with Gasteiger partial charge in [0.15, 0.2) is 11.5 Å². The van der Waals surface area contributed by atoms with Gasteiger partial charge in [0.05, 0.1) is 31.0 Å². The number of benzene rings is 2. The van der Waals surface area contributed by atoms with Gasteiger partial charge < -0.3 is 24.1 Å². The first-order valence-corrected chi connectivity index (χ1v) is 13.3. The Morgan fingerprint density at radius 3 is 2.87 bits per heavy atom. The Kier molecular flexibility index (Phi) is 6.78. The second-order valence-electron chi connectivity index (χ2n) is 10.4. The molecule has 0 aliphatic carbocycles. The summed E-state index contributed by atoms with van der Waals surface area (Å²) in [6, 6.07) is 13.1. The number of hydrogen-bond acceptors (Lipinski definition) is 8. The van der Waals surface area contributed by atoms with Crippen LogP contribution in [0, 0.1) is 5.92 Å². The average molecular weight is 532 g/mol. The van der Waals surface area contributed by atoms with Crippen molar-refractivity contribution in [2.45, 2.75) is 24.5 Å². The van der Waals surface area contributed by atoms with Crippen LogP contribution in [0.1, 0.15) is 24.5 Å². The van der Waals surface area contributed by atoms with Crippen molar-refractivity contribution in [3.8, 4) is 17.2 Å². The Morgan fingerprint density at radius 1 is 1.21 bits per heavy atom. The van der Waals surface area contributed by atoms with Crippen LogP contribution in [0.5, 0.6) is 17.2 Å². The van der Waals surface area contributed by atoms with Crippen molar-refractivity contribution in [3.63, 3.8) is 0 Å². The summed E-state index contributed by atoms with van der Waals surface area (Å²) in [4.78, 5) is 21.5. The van der Waals surface area contributed by atoms with E-state index in [4.69, 9.17) is 18.9 Å². The number of aliphatic hydroxyl groups is 1. The normalized spacial score (nSPS) is 23.6. The average Bonchev–Trinajstić information content (AvgIpc) is 3.30. The van der Waals surface area contributed by atoms with E-state index in [9.17, 15) is 9.90 Å². The van der Waals surface area contributed by atoms with Crippen LogP contribution in [0.15, 0.2) is 61.3 Å². The maximum Gasteiger partial charge on any atom is 0.415 e. The van der Waals surface area contributed by atoms with E-state index in [0.717, 1.165) is 27.9 Å². The number of likely N-dealkylation sites (tertiary alicyclic amines) is 1. The number of allylic oxidation sites excluding steroid dienone is 1. The maximum atomic E-state index is 13.1. The van der Waals surface area contributed by atoms with Gasteiger partial charge in [0, 0.05) is 49.6 Å². The lowest BCUT2D eigenvalue weighted by molar-refractivity contribution is -0.0545. The van der Waals surface area contributed by atoms with Gasteiger partial charge in [-0.05, 0) is 48.4 Å². The smallest absolute Gasteiger partial charge is 0.415 e. The Bertz CT molecular complexity index is 1400. The van der Waals surface area contributed by atoms with Gasteiger partial charge in [-0.25, -0.2) is 4.79 Å². The molecule has 3 aliphatic heterocycles. The molecular formula is C30H33N3O6. The minimum atomic E-state index is -0.707. The molecule has 1 amide bonds. The molecule has 2 unspecified atom stereocenters. The highest BCUT2D eigenvalue weighted by molar-refractivity contribution is 5.91. The lowest BCUT2D eigenvalue weighted by atomic mass is 9.78. The third-order valence-electron chi connectivity index (χ3n) is 8.07. The lowest BCUT2D eigenvalue weighted by Crippen LogP contribution is -2.54. The van der Waals surface area contributed by atoms with E-state index in [2.05, 4.69) is 16.5 Å². The third-order valence-corrected chi connectivity index (χ3v) is 8.07. The quantitative estimate of drug-likeness (QED) is 0.450. The number of methoxy groups -OCH3 is 1. The molecule has 39 heavy (non-hydrogen) atoms. The molecule has 0 saturated carbocycles. The van der Waals surface area contributed by atoms with E-state index in [0.29, 0.717) is 63.7 Å². The van der Waals surface area contributed by atoms with Gasteiger partial charge in [-0.15, -0.1) is 6.58 Å². The van der Waals surface area contributed by atoms with Crippen LogP contribution >= 0.6 is 0 Å². The number of amides is 1. The molecule has 3 aromatic rings. The zero-order valence-electron chi connectivity index (χ0n) is 22.0. The molecule has 2 saturated heterocycles. The molecule has 3 atom stereocenters. The maximum absolute atomic E-state index is 13.1. The number of pyridine rings is 1. The number of anilines is 1. The number of carbonyl (C=O) groups excluding carboxylic acids is 1. The van der Waals surface area contributed by atoms with E-state index in [1.165, 1.54) is 0 Å². The molecule has 204 valence electrons. The van der Waals surface area contributed by atoms with Crippen LogP contribution in [0.3, 0.4) is 0 Å². The Morgan fingerprint density at radius 2 is 2.05 bits per heavy atom. The number of hydrogen-bond donors (Lipinski definition) is 1. The zero-order chi connectivity index (χ0) is 27.0. The molecule has 9 nitrogen and oxygen atoms in total. The number of fused-ring (bicyclic) bond motifs is 2. The Balaban J connectivity index is 1.19. The van der Waals surface area contributed by atoms with Crippen molar-refractivity contribution in [3.05, 3.63) is 66.9 Å². The van der Waals surface area contributed by atoms with Gasteiger partial charge in [0.1, 0.15) is 24.6 Å². The number of rotatable bonds is 7. The highest BCUT2D eigenvalue weighted by atomic mass is 16.6. The monoisotopic (exact) mass is 531 g/mol. The molecule has 0 radical (unpaired) electrons. The number of aliphatic hydroxyl groups excluding tert-OH is 1. The number of aromatic nitrogens is 1. The fraction of sp³-hybridized carbons (Fsp3) is 0.400. The van der Waals surface area contributed by atoms with Crippen LogP contribution < -0.4 is 19.1 Å². The van der Waals surface area contributed by atoms with Gasteiger partial charge >= 0.3 is 6.09 Å². The minimum absolute atomic E-state index is 0.0383. The highest BCUT2D eigenvalue weighted by Crippen LogP contribution is 2.43. The van der Waals surface area contributed by atoms with E-state index in [1.807, 2.05) is 48.5 Å². The minimum Gasteiger partial charge on any atom is -0.497 e. The fourth-order valence-electron chi connectivity index (χ4n) is 6.02. The van der Waals surface area contributed by atoms with E-state index in [1.54, 1.807) is 18.2 Å². The van der Waals surface area contributed by atoms with Gasteiger partial charge in [-0.3, -0.25) is 14.8 Å². The summed E-state index contributed by atoms with van der Waals surface area (Å²) in [5, 5.41) is 12.2. The molecule has 2 aromatic carbocycles. The number of ether oxygens (including phenoxy) is 4. The van der Waals surface area contributed by atoms with Crippen LogP contribution in [0.4, 0.5) is 10.5 Å². The summed E-state index contributed by atoms with van der Waals surface area (Å²) >= 11 is 0. The van der Waals surface area contributed by atoms with Crippen molar-refractivity contribution in [2.75, 3.05) is 51.4 Å². The highest BCUT2D eigenvalue weighted by Gasteiger charge is 2.53. The Labute approximate surface area is 227 Å². The second kappa shape index (κ2) is 10.4. The van der Waals surface area contributed by atoms with Crippen molar-refractivity contribution in [2.24, 2.45) is 5.92 Å². The summed E-state index contributed by atoms with van der Waals surface area (Å²) in [7, 11) is 1.63. The molecule has 1 N–H and O–H groups in total. The topological polar surface area (TPSA) is 93.6 Å². The van der Waals surface area contributed by atoms with Crippen molar-refractivity contribution in [1.29, 1.82) is 0 Å². The molecule has 1 aromatic heterocycles. The molecular weight excluding hydrogens is 498 g/mol. The van der Waals surface area contributed by atoms with Gasteiger partial charge in [0.2, 0.25) is 0 Å². The van der Waals surface area contributed by atoms with Crippen molar-refractivity contribution in [1.82, 2.24) is 9.88 Å². The summed E-state index contributed by atoms with van der Waals surface area (Å²) in [6.45, 7) is 7.25. The first kappa shape index (κ1) is 25.5. The van der Waals surface area contributed by atoms with E-state index in [-0.39, 0.29) is 12.0 Å². The lowest BCUT2D eigenvalue weighted by Gasteiger charge is -2.44. The Hall–Kier alpha value is -3.82. The standard InChI is InChI=1S/C30H33N3O6/c1-3-4-20-17-32(18-26(34)23-9-11-31-25-7-6-22(36-2)16-24(23)25)12-10-30(20)19-33(29(35)39-30)21-5-8-27-28(15-21)38-14-13-37-27/h3,5-9,11,15-16,20,26,34H,1,4,10,12-14,17-19H2,2H3/t20?,26-,30?/m1/s1. The zero-order valence-corrected chi connectivity index (χ0v) is 22.0. The predicted molar refractivity (Wildman–Crippen MR) is 147 cm³/mol. The number of β-amino-alcohol motifs (C(OH)–C–C–N with tert-alkyl or cyclic N) is 1. The summed E-state index contributed by atoms with van der Waals surface area (Å²) < 4.78 is 22.9. The van der Waals surface area contributed by atoms with E-state index >= 15 is 0 Å². The van der Waals surface area contributed by atoms with Crippen LogP contribution in [0.2, 0.25) is 0 Å². The van der Waals surface area contributed by atoms with Crippen LogP contribution in [-0.2, 0) is 4.74 Å². The summed E-state index contributed by atoms with van der Waals surface area (Å²) in [6.07, 6.45) is 3.91. The van der Waals surface area contributed by atoms with Crippen molar-refractivity contribution >= 4 is 22.7 Å². The largest absolute Gasteiger partial charge is 0.497 e. The fourth-order valence-corrected chi connectivity index (χ4v) is 6.02. The van der Waals surface area contributed by atoms with Crippen molar-refractivity contribution < 1.29 is 28.8 Å². The SMILES string of the molecule is C=CCC1CN(C[C@@H](O)c2ccnc3ccc(OC)cc23)CCC12CN(c1ccc3c(c1)OCCO3)C(=O)O2. The number of piperidine rings is 1. The summed E-state index contributed by atoms with van der Waals surface area (Å²) in [5.41, 5.74) is 1.73. The third kappa shape index (κ3) is 4.77. The number of nitrogens with zero attached hydrogens (tertiary/aromatic N) is 3. The van der Waals surface area contributed by atoms with Gasteiger partial charge in [-0.1, -0.05) is 6.08 Å². The first-order valence-electron chi connectivity index (χ1n) is 13.3. The number of carbonyl (C=O) groups is 1. The van der Waals surface area contributed by atoms with Crippen LogP contribution in [-0.4, -0.2) is 73.2 Å². The molecule has 2 fully saturated rings. The summed E-state index contributed by atoms with van der Waals surface area (Å²) in [5.74, 6) is 2.08. The van der Waals surface area contributed by atoms with E-state index < -0.39 is 11.7 Å². The second-order valence-corrected chi connectivity index (χ2v) is 10.4. The van der Waals surface area contributed by atoms with Crippen LogP contribution in [0.25, 0.3) is 10.9 Å². The molecule has 0 bridgehead atoms. The van der Waals surface area contributed by atoms with Gasteiger partial charge in [-0.2, -0.15) is 0 Å². The molecule has 9 heteroatoms.